The molecule has 2 N–H and O–H groups in total. The molecule has 2 amide bonds. The maximum Gasteiger partial charge on any atom is 0.347 e. The molecule has 1 rings (SSSR count). The van der Waals surface area contributed by atoms with E-state index >= 15 is 0 Å². The molecular weight excluding hydrogens is 359 g/mol. The lowest BCUT2D eigenvalue weighted by molar-refractivity contribution is -0.154. The first-order chi connectivity index (χ1) is 11.3. The Morgan fingerprint density at radius 2 is 1.88 bits per heavy atom. The third kappa shape index (κ3) is 7.06. The molecule has 1 atom stereocenters. The number of carbonyl (C=O) groups excluding carboxylic acids is 3. The summed E-state index contributed by atoms with van der Waals surface area (Å²) in [6, 6.07) is 4.56. The molecule has 0 aliphatic heterocycles. The second kappa shape index (κ2) is 10.00. The van der Waals surface area contributed by atoms with Crippen LogP contribution >= 0.6 is 23.2 Å². The van der Waals surface area contributed by atoms with Crippen LogP contribution in [0, 0.1) is 0 Å². The lowest BCUT2D eigenvalue weighted by atomic mass is 10.3. The van der Waals surface area contributed by atoms with Crippen LogP contribution in [0.1, 0.15) is 13.8 Å². The molecule has 0 fully saturated rings. The zero-order chi connectivity index (χ0) is 18.1. The highest BCUT2D eigenvalue weighted by atomic mass is 35.5. The van der Waals surface area contributed by atoms with Crippen LogP contribution in [0.3, 0.4) is 0 Å². The molecule has 0 unspecified atom stereocenters. The summed E-state index contributed by atoms with van der Waals surface area (Å²) in [5.41, 5.74) is 0. The van der Waals surface area contributed by atoms with Crippen LogP contribution in [0.15, 0.2) is 18.2 Å². The SMILES string of the molecule is CCNC(=O)CNC(=O)COC(=O)[C@@H](C)Oc1ccc(Cl)cc1Cl. The van der Waals surface area contributed by atoms with Crippen LogP contribution in [0.2, 0.25) is 10.0 Å². The summed E-state index contributed by atoms with van der Waals surface area (Å²) >= 11 is 11.7. The molecule has 0 saturated carbocycles. The third-order valence-electron chi connectivity index (χ3n) is 2.70. The van der Waals surface area contributed by atoms with E-state index in [-0.39, 0.29) is 23.2 Å². The average Bonchev–Trinajstić information content (AvgIpc) is 2.53. The molecule has 0 radical (unpaired) electrons. The van der Waals surface area contributed by atoms with Crippen LogP contribution < -0.4 is 15.4 Å². The number of likely N-dealkylation sites (N-methyl/N-ethyl adjacent to an activating group) is 1. The first-order valence-electron chi connectivity index (χ1n) is 7.15. The smallest absolute Gasteiger partial charge is 0.347 e. The van der Waals surface area contributed by atoms with E-state index in [2.05, 4.69) is 10.6 Å². The van der Waals surface area contributed by atoms with Crippen LogP contribution in [-0.2, 0) is 19.1 Å². The molecule has 0 aliphatic carbocycles. The van der Waals surface area contributed by atoms with Gasteiger partial charge in [0, 0.05) is 11.6 Å². The quantitative estimate of drug-likeness (QED) is 0.671. The normalized spacial score (nSPS) is 11.3. The largest absolute Gasteiger partial charge is 0.477 e. The summed E-state index contributed by atoms with van der Waals surface area (Å²) in [6.07, 6.45) is -0.972. The molecule has 0 spiro atoms. The minimum atomic E-state index is -0.972. The molecule has 9 heteroatoms. The highest BCUT2D eigenvalue weighted by Gasteiger charge is 2.19. The number of carbonyl (C=O) groups is 3. The second-order valence-corrected chi connectivity index (χ2v) is 5.52. The molecule has 0 bridgehead atoms. The topological polar surface area (TPSA) is 93.7 Å². The molecule has 7 nitrogen and oxygen atoms in total. The fourth-order valence-electron chi connectivity index (χ4n) is 1.55. The van der Waals surface area contributed by atoms with Gasteiger partial charge in [-0.25, -0.2) is 4.79 Å². The van der Waals surface area contributed by atoms with Crippen molar-refractivity contribution in [3.8, 4) is 5.75 Å². The third-order valence-corrected chi connectivity index (χ3v) is 3.23. The Labute approximate surface area is 149 Å². The number of esters is 1. The minimum absolute atomic E-state index is 0.184. The van der Waals surface area contributed by atoms with E-state index in [0.29, 0.717) is 11.6 Å². The lowest BCUT2D eigenvalue weighted by Crippen LogP contribution is -2.39. The first kappa shape index (κ1) is 20.1. The lowest BCUT2D eigenvalue weighted by Gasteiger charge is -2.15. The van der Waals surface area contributed by atoms with E-state index < -0.39 is 24.6 Å². The fraction of sp³-hybridized carbons (Fsp3) is 0.400. The number of rotatable bonds is 8. The molecule has 1 aromatic rings. The molecule has 24 heavy (non-hydrogen) atoms. The first-order valence-corrected chi connectivity index (χ1v) is 7.90. The van der Waals surface area contributed by atoms with Gasteiger partial charge in [0.1, 0.15) is 5.75 Å². The highest BCUT2D eigenvalue weighted by molar-refractivity contribution is 6.35. The van der Waals surface area contributed by atoms with Crippen molar-refractivity contribution in [3.63, 3.8) is 0 Å². The number of benzene rings is 1. The summed E-state index contributed by atoms with van der Waals surface area (Å²) in [7, 11) is 0. The van der Waals surface area contributed by atoms with Crippen LogP contribution in [0.25, 0.3) is 0 Å². The molecular formula is C15H18Cl2N2O5. The average molecular weight is 377 g/mol. The number of ether oxygens (including phenoxy) is 2. The van der Waals surface area contributed by atoms with Crippen molar-refractivity contribution in [1.29, 1.82) is 0 Å². The van der Waals surface area contributed by atoms with Crippen molar-refractivity contribution in [3.05, 3.63) is 28.2 Å². The zero-order valence-electron chi connectivity index (χ0n) is 13.2. The number of halogens is 2. The Morgan fingerprint density at radius 3 is 2.50 bits per heavy atom. The molecule has 1 aromatic carbocycles. The van der Waals surface area contributed by atoms with E-state index in [1.54, 1.807) is 13.0 Å². The van der Waals surface area contributed by atoms with E-state index in [1.165, 1.54) is 19.1 Å². The van der Waals surface area contributed by atoms with Crippen LogP contribution in [0.4, 0.5) is 0 Å². The zero-order valence-corrected chi connectivity index (χ0v) is 14.7. The maximum atomic E-state index is 11.8. The van der Waals surface area contributed by atoms with Gasteiger partial charge in [-0.05, 0) is 32.0 Å². The summed E-state index contributed by atoms with van der Waals surface area (Å²) in [5.74, 6) is -1.39. The molecule has 0 aliphatic rings. The van der Waals surface area contributed by atoms with Gasteiger partial charge in [-0.3, -0.25) is 9.59 Å². The Hall–Kier alpha value is -1.99. The van der Waals surface area contributed by atoms with Gasteiger partial charge in [-0.1, -0.05) is 23.2 Å². The Bertz CT molecular complexity index is 610. The monoisotopic (exact) mass is 376 g/mol. The van der Waals surface area contributed by atoms with Crippen molar-refractivity contribution in [2.24, 2.45) is 0 Å². The highest BCUT2D eigenvalue weighted by Crippen LogP contribution is 2.28. The van der Waals surface area contributed by atoms with Crippen LogP contribution in [-0.4, -0.2) is 43.6 Å². The summed E-state index contributed by atoms with van der Waals surface area (Å²) in [4.78, 5) is 34.5. The summed E-state index contributed by atoms with van der Waals surface area (Å²) in [6.45, 7) is 2.98. The van der Waals surface area contributed by atoms with Crippen molar-refractivity contribution >= 4 is 41.0 Å². The summed E-state index contributed by atoms with van der Waals surface area (Å²) in [5, 5.41) is 5.53. The van der Waals surface area contributed by atoms with E-state index in [0.717, 1.165) is 0 Å². The molecule has 0 saturated heterocycles. The number of hydrogen-bond acceptors (Lipinski definition) is 5. The summed E-state index contributed by atoms with van der Waals surface area (Å²) < 4.78 is 10.2. The predicted molar refractivity (Wildman–Crippen MR) is 89.2 cm³/mol. The van der Waals surface area contributed by atoms with Gasteiger partial charge in [-0.15, -0.1) is 0 Å². The predicted octanol–water partition coefficient (Wildman–Crippen LogP) is 1.56. The Kier molecular flexibility index (Phi) is 8.35. The molecule has 132 valence electrons. The van der Waals surface area contributed by atoms with Crippen LogP contribution in [0.5, 0.6) is 5.75 Å². The van der Waals surface area contributed by atoms with Crippen molar-refractivity contribution in [2.45, 2.75) is 20.0 Å². The van der Waals surface area contributed by atoms with Crippen molar-refractivity contribution in [1.82, 2.24) is 10.6 Å². The standard InChI is InChI=1S/C15H18Cl2N2O5/c1-3-18-13(20)7-19-14(21)8-23-15(22)9(2)24-12-5-4-10(16)6-11(12)17/h4-6,9H,3,7-8H2,1-2H3,(H,18,20)(H,19,21)/t9-/m1/s1. The molecule has 0 heterocycles. The number of hydrogen-bond donors (Lipinski definition) is 2. The van der Waals surface area contributed by atoms with Crippen molar-refractivity contribution < 1.29 is 23.9 Å². The van der Waals surface area contributed by atoms with Gasteiger partial charge in [-0.2, -0.15) is 0 Å². The van der Waals surface area contributed by atoms with Gasteiger partial charge < -0.3 is 20.1 Å². The number of nitrogens with one attached hydrogen (secondary N) is 2. The minimum Gasteiger partial charge on any atom is -0.477 e. The van der Waals surface area contributed by atoms with Crippen molar-refractivity contribution in [2.75, 3.05) is 19.7 Å². The fourth-order valence-corrected chi connectivity index (χ4v) is 2.01. The number of amides is 2. The Balaban J connectivity index is 2.38. The molecule has 0 aromatic heterocycles. The van der Waals surface area contributed by atoms with E-state index in [9.17, 15) is 14.4 Å². The van der Waals surface area contributed by atoms with Gasteiger partial charge in [0.05, 0.1) is 11.6 Å². The Morgan fingerprint density at radius 1 is 1.17 bits per heavy atom. The van der Waals surface area contributed by atoms with E-state index in [4.69, 9.17) is 32.7 Å². The van der Waals surface area contributed by atoms with Gasteiger partial charge in [0.15, 0.2) is 12.7 Å². The van der Waals surface area contributed by atoms with Gasteiger partial charge in [0.2, 0.25) is 5.91 Å². The second-order valence-electron chi connectivity index (χ2n) is 4.67. The van der Waals surface area contributed by atoms with Gasteiger partial charge in [0.25, 0.3) is 5.91 Å². The van der Waals surface area contributed by atoms with Gasteiger partial charge >= 0.3 is 5.97 Å². The maximum absolute atomic E-state index is 11.8. The van der Waals surface area contributed by atoms with E-state index in [1.807, 2.05) is 0 Å².